The molecule has 0 unspecified atom stereocenters. The standard InChI is InChI=1S/C25H19ClN4O2/c26-21-10-9-17(12-20(21)22-8-4-5-11-28-22)19-13-18(24(27)31)15-29-23(19)25(32)30-14-16-6-2-1-3-7-16/h1-13,15H,14H2,(H2,27,31)(H,30,32). The highest BCUT2D eigenvalue weighted by Gasteiger charge is 2.18. The van der Waals surface area contributed by atoms with Gasteiger partial charge in [-0.1, -0.05) is 54.1 Å². The van der Waals surface area contributed by atoms with Gasteiger partial charge in [-0.25, -0.2) is 4.98 Å². The summed E-state index contributed by atoms with van der Waals surface area (Å²) in [6.45, 7) is 0.345. The van der Waals surface area contributed by atoms with Gasteiger partial charge in [-0.15, -0.1) is 0 Å². The number of nitrogens with two attached hydrogens (primary N) is 1. The van der Waals surface area contributed by atoms with E-state index in [0.717, 1.165) is 5.56 Å². The number of aromatic nitrogens is 2. The summed E-state index contributed by atoms with van der Waals surface area (Å²) in [7, 11) is 0. The van der Waals surface area contributed by atoms with Gasteiger partial charge in [-0.2, -0.15) is 0 Å². The van der Waals surface area contributed by atoms with Crippen LogP contribution in [0.15, 0.2) is 85.2 Å². The summed E-state index contributed by atoms with van der Waals surface area (Å²) in [6, 6.07) is 22.0. The van der Waals surface area contributed by atoms with Gasteiger partial charge < -0.3 is 11.1 Å². The Bertz CT molecular complexity index is 1280. The molecule has 0 radical (unpaired) electrons. The lowest BCUT2D eigenvalue weighted by Crippen LogP contribution is -2.25. The summed E-state index contributed by atoms with van der Waals surface area (Å²) in [4.78, 5) is 33.4. The number of carbonyl (C=O) groups excluding carboxylic acids is 2. The summed E-state index contributed by atoms with van der Waals surface area (Å²) in [5.74, 6) is -0.997. The minimum Gasteiger partial charge on any atom is -0.366 e. The number of carbonyl (C=O) groups is 2. The van der Waals surface area contributed by atoms with E-state index in [-0.39, 0.29) is 17.2 Å². The summed E-state index contributed by atoms with van der Waals surface area (Å²) < 4.78 is 0. The van der Waals surface area contributed by atoms with Crippen molar-refractivity contribution in [3.8, 4) is 22.4 Å². The zero-order valence-electron chi connectivity index (χ0n) is 17.0. The molecule has 0 aliphatic carbocycles. The summed E-state index contributed by atoms with van der Waals surface area (Å²) in [5, 5.41) is 3.39. The van der Waals surface area contributed by atoms with Crippen molar-refractivity contribution in [3.63, 3.8) is 0 Å². The molecule has 3 N–H and O–H groups in total. The molecule has 4 rings (SSSR count). The predicted molar refractivity (Wildman–Crippen MR) is 124 cm³/mol. The van der Waals surface area contributed by atoms with Crippen LogP contribution in [0.1, 0.15) is 26.4 Å². The van der Waals surface area contributed by atoms with Crippen molar-refractivity contribution in [1.82, 2.24) is 15.3 Å². The monoisotopic (exact) mass is 442 g/mol. The first-order valence-electron chi connectivity index (χ1n) is 9.86. The lowest BCUT2D eigenvalue weighted by Gasteiger charge is -2.13. The second-order valence-corrected chi connectivity index (χ2v) is 7.47. The van der Waals surface area contributed by atoms with Crippen LogP contribution in [0.2, 0.25) is 5.02 Å². The van der Waals surface area contributed by atoms with E-state index < -0.39 is 5.91 Å². The van der Waals surface area contributed by atoms with Gasteiger partial charge in [0.15, 0.2) is 0 Å². The van der Waals surface area contributed by atoms with E-state index in [2.05, 4.69) is 15.3 Å². The van der Waals surface area contributed by atoms with Gasteiger partial charge >= 0.3 is 0 Å². The number of rotatable bonds is 6. The molecule has 7 heteroatoms. The molecule has 32 heavy (non-hydrogen) atoms. The first-order valence-corrected chi connectivity index (χ1v) is 10.2. The third kappa shape index (κ3) is 4.66. The lowest BCUT2D eigenvalue weighted by molar-refractivity contribution is 0.0943. The minimum absolute atomic E-state index is 0.181. The zero-order valence-corrected chi connectivity index (χ0v) is 17.7. The topological polar surface area (TPSA) is 98.0 Å². The van der Waals surface area contributed by atoms with Gasteiger partial charge in [0.25, 0.3) is 5.91 Å². The highest BCUT2D eigenvalue weighted by atomic mass is 35.5. The Morgan fingerprint density at radius 3 is 2.41 bits per heavy atom. The molecule has 0 fully saturated rings. The fraction of sp³-hybridized carbons (Fsp3) is 0.0400. The molecular formula is C25H19ClN4O2. The molecule has 2 heterocycles. The van der Waals surface area contributed by atoms with Crippen LogP contribution in [0, 0.1) is 0 Å². The van der Waals surface area contributed by atoms with E-state index in [9.17, 15) is 9.59 Å². The average Bonchev–Trinajstić information content (AvgIpc) is 2.83. The largest absolute Gasteiger partial charge is 0.366 e. The Morgan fingerprint density at radius 2 is 1.69 bits per heavy atom. The van der Waals surface area contributed by atoms with Crippen LogP contribution in [0.25, 0.3) is 22.4 Å². The molecule has 0 saturated carbocycles. The Morgan fingerprint density at radius 1 is 0.906 bits per heavy atom. The number of hydrogen-bond donors (Lipinski definition) is 2. The lowest BCUT2D eigenvalue weighted by atomic mass is 9.98. The van der Waals surface area contributed by atoms with E-state index in [0.29, 0.717) is 34.0 Å². The van der Waals surface area contributed by atoms with Gasteiger partial charge in [0.05, 0.1) is 11.3 Å². The van der Waals surface area contributed by atoms with Crippen molar-refractivity contribution in [3.05, 3.63) is 107 Å². The molecule has 0 spiro atoms. The molecule has 0 aliphatic rings. The summed E-state index contributed by atoms with van der Waals surface area (Å²) in [5.41, 5.74) is 9.32. The normalized spacial score (nSPS) is 10.5. The van der Waals surface area contributed by atoms with Crippen LogP contribution in [-0.2, 0) is 6.54 Å². The minimum atomic E-state index is -0.631. The number of nitrogens with zero attached hydrogens (tertiary/aromatic N) is 2. The van der Waals surface area contributed by atoms with Crippen molar-refractivity contribution in [1.29, 1.82) is 0 Å². The number of amides is 2. The molecule has 2 aromatic carbocycles. The number of primary amides is 1. The third-order valence-electron chi connectivity index (χ3n) is 4.90. The first-order chi connectivity index (χ1) is 15.5. The van der Waals surface area contributed by atoms with E-state index >= 15 is 0 Å². The number of hydrogen-bond acceptors (Lipinski definition) is 4. The van der Waals surface area contributed by atoms with E-state index in [1.54, 1.807) is 24.4 Å². The van der Waals surface area contributed by atoms with Crippen LogP contribution >= 0.6 is 11.6 Å². The van der Waals surface area contributed by atoms with Gasteiger partial charge in [0.2, 0.25) is 5.91 Å². The van der Waals surface area contributed by atoms with Gasteiger partial charge in [-0.05, 0) is 41.5 Å². The maximum Gasteiger partial charge on any atom is 0.270 e. The summed E-state index contributed by atoms with van der Waals surface area (Å²) >= 11 is 6.41. The van der Waals surface area contributed by atoms with Crippen LogP contribution in [-0.4, -0.2) is 21.8 Å². The summed E-state index contributed by atoms with van der Waals surface area (Å²) in [6.07, 6.45) is 2.98. The maximum absolute atomic E-state index is 13.0. The number of halogens is 1. The SMILES string of the molecule is NC(=O)c1cnc(C(=O)NCc2ccccc2)c(-c2ccc(Cl)c(-c3ccccn3)c2)c1. The van der Waals surface area contributed by atoms with Crippen molar-refractivity contribution < 1.29 is 9.59 Å². The van der Waals surface area contributed by atoms with Crippen LogP contribution in [0.3, 0.4) is 0 Å². The van der Waals surface area contributed by atoms with Crippen molar-refractivity contribution in [2.24, 2.45) is 5.73 Å². The van der Waals surface area contributed by atoms with Gasteiger partial charge in [0.1, 0.15) is 5.69 Å². The van der Waals surface area contributed by atoms with E-state index in [1.807, 2.05) is 54.6 Å². The molecule has 2 aromatic heterocycles. The predicted octanol–water partition coefficient (Wildman–Crippen LogP) is 4.49. The fourth-order valence-corrected chi connectivity index (χ4v) is 3.49. The molecule has 0 saturated heterocycles. The molecule has 0 bridgehead atoms. The molecule has 4 aromatic rings. The van der Waals surface area contributed by atoms with Crippen molar-refractivity contribution >= 4 is 23.4 Å². The van der Waals surface area contributed by atoms with Crippen molar-refractivity contribution in [2.75, 3.05) is 0 Å². The van der Waals surface area contributed by atoms with E-state index in [1.165, 1.54) is 6.20 Å². The smallest absolute Gasteiger partial charge is 0.270 e. The first kappa shape index (κ1) is 21.2. The highest BCUT2D eigenvalue weighted by molar-refractivity contribution is 6.33. The molecule has 6 nitrogen and oxygen atoms in total. The van der Waals surface area contributed by atoms with Crippen molar-refractivity contribution in [2.45, 2.75) is 6.54 Å². The number of nitrogens with one attached hydrogen (secondary N) is 1. The Hall–Kier alpha value is -4.03. The molecule has 158 valence electrons. The van der Waals surface area contributed by atoms with E-state index in [4.69, 9.17) is 17.3 Å². The fourth-order valence-electron chi connectivity index (χ4n) is 3.27. The zero-order chi connectivity index (χ0) is 22.5. The Labute approximate surface area is 190 Å². The maximum atomic E-state index is 13.0. The molecule has 0 atom stereocenters. The second-order valence-electron chi connectivity index (χ2n) is 7.06. The van der Waals surface area contributed by atoms with Crippen LogP contribution in [0.5, 0.6) is 0 Å². The number of benzene rings is 2. The van der Waals surface area contributed by atoms with Gasteiger partial charge in [0, 0.05) is 35.1 Å². The molecular weight excluding hydrogens is 424 g/mol. The average molecular weight is 443 g/mol. The molecule has 2 amide bonds. The highest BCUT2D eigenvalue weighted by Crippen LogP contribution is 2.33. The molecule has 0 aliphatic heterocycles. The van der Waals surface area contributed by atoms with Gasteiger partial charge in [-0.3, -0.25) is 14.6 Å². The second kappa shape index (κ2) is 9.41. The number of pyridine rings is 2. The quantitative estimate of drug-likeness (QED) is 0.459. The Kier molecular flexibility index (Phi) is 6.24. The third-order valence-corrected chi connectivity index (χ3v) is 5.23. The van der Waals surface area contributed by atoms with Crippen LogP contribution in [0.4, 0.5) is 0 Å². The van der Waals surface area contributed by atoms with Crippen LogP contribution < -0.4 is 11.1 Å². The Balaban J connectivity index is 1.75.